The largest absolute Gasteiger partial charge is 0.450 e. The van der Waals surface area contributed by atoms with Gasteiger partial charge in [0.2, 0.25) is 5.95 Å². The van der Waals surface area contributed by atoms with Crippen LogP contribution in [-0.4, -0.2) is 50.9 Å². The summed E-state index contributed by atoms with van der Waals surface area (Å²) in [4.78, 5) is 14.2. The predicted octanol–water partition coefficient (Wildman–Crippen LogP) is 6.00. The SMILES string of the molecule is Cn1c(Nc2ccc(CN3CCC(F)(F)CC3)c(C(F)(F)F)c2)nc2ncc(O/C(C=N)=C3\C=NC=CN3)c(Cl)c21. The van der Waals surface area contributed by atoms with Gasteiger partial charge in [-0.25, -0.2) is 13.8 Å². The summed E-state index contributed by atoms with van der Waals surface area (Å²) in [6.45, 7) is -0.0578. The van der Waals surface area contributed by atoms with Crippen molar-refractivity contribution in [1.29, 1.82) is 5.41 Å². The molecule has 0 aliphatic carbocycles. The summed E-state index contributed by atoms with van der Waals surface area (Å²) in [6, 6.07) is 3.77. The van der Waals surface area contributed by atoms with E-state index in [9.17, 15) is 22.0 Å². The van der Waals surface area contributed by atoms with Gasteiger partial charge in [-0.1, -0.05) is 17.7 Å². The van der Waals surface area contributed by atoms with Crippen LogP contribution in [0.15, 0.2) is 53.2 Å². The van der Waals surface area contributed by atoms with Crippen molar-refractivity contribution in [1.82, 2.24) is 24.8 Å². The van der Waals surface area contributed by atoms with Crippen molar-refractivity contribution >= 4 is 46.8 Å². The molecule has 2 aromatic heterocycles. The molecule has 0 atom stereocenters. The first kappa shape index (κ1) is 28.5. The molecule has 0 spiro atoms. The minimum Gasteiger partial charge on any atom is -0.450 e. The molecule has 1 fully saturated rings. The molecular weight excluding hydrogens is 571 g/mol. The van der Waals surface area contributed by atoms with E-state index in [1.54, 1.807) is 18.1 Å². The van der Waals surface area contributed by atoms with E-state index in [-0.39, 0.29) is 71.9 Å². The molecule has 3 aromatic rings. The number of ether oxygens (including phenoxy) is 1. The standard InChI is InChI=1S/C26H24ClF5N8O/c1-39-22-21(27)20(41-19(11-33)18-12-34-6-7-35-18)13-36-23(22)38-24(39)37-16-3-2-15(17(10-16)26(30,31)32)14-40-8-4-25(28,29)5-9-40/h2-3,6-7,10-13,33,35H,4-5,8-9,14H2,1H3,(H,36,37,38)/b19-18+,33-11?. The number of aliphatic imine (C=N–C) groups is 1. The van der Waals surface area contributed by atoms with Crippen LogP contribution in [0.4, 0.5) is 33.6 Å². The molecule has 5 rings (SSSR count). The number of halogens is 6. The lowest BCUT2D eigenvalue weighted by atomic mass is 10.0. The fourth-order valence-corrected chi connectivity index (χ4v) is 4.80. The molecule has 41 heavy (non-hydrogen) atoms. The highest BCUT2D eigenvalue weighted by Crippen LogP contribution is 2.38. The van der Waals surface area contributed by atoms with Crippen LogP contribution in [0.5, 0.6) is 5.75 Å². The Labute approximate surface area is 235 Å². The predicted molar refractivity (Wildman–Crippen MR) is 145 cm³/mol. The Morgan fingerprint density at radius 1 is 1.27 bits per heavy atom. The van der Waals surface area contributed by atoms with E-state index < -0.39 is 17.7 Å². The van der Waals surface area contributed by atoms with Crippen molar-refractivity contribution in [2.45, 2.75) is 31.5 Å². The number of hydrogen-bond acceptors (Lipinski definition) is 8. The van der Waals surface area contributed by atoms with E-state index in [1.807, 2.05) is 0 Å². The number of fused-ring (bicyclic) bond motifs is 1. The Kier molecular flexibility index (Phi) is 7.70. The summed E-state index contributed by atoms with van der Waals surface area (Å²) in [6.07, 6.45) is 1.44. The Hall–Kier alpha value is -4.04. The quantitative estimate of drug-likeness (QED) is 0.176. The number of nitrogens with one attached hydrogen (secondary N) is 3. The summed E-state index contributed by atoms with van der Waals surface area (Å²) < 4.78 is 76.3. The smallest absolute Gasteiger partial charge is 0.416 e. The summed E-state index contributed by atoms with van der Waals surface area (Å²) in [7, 11) is 1.61. The van der Waals surface area contributed by atoms with Gasteiger partial charge in [0.25, 0.3) is 5.92 Å². The average Bonchev–Trinajstić information content (AvgIpc) is 3.25. The zero-order chi connectivity index (χ0) is 29.4. The maximum Gasteiger partial charge on any atom is 0.416 e. The van der Waals surface area contributed by atoms with Gasteiger partial charge < -0.3 is 25.3 Å². The number of allylic oxidation sites excluding steroid dienone is 2. The Bertz CT molecular complexity index is 1570. The molecule has 2 aliphatic heterocycles. The molecule has 3 N–H and O–H groups in total. The number of aryl methyl sites for hydroxylation is 1. The molecule has 9 nitrogen and oxygen atoms in total. The van der Waals surface area contributed by atoms with Crippen LogP contribution in [0, 0.1) is 5.41 Å². The van der Waals surface area contributed by atoms with E-state index in [0.717, 1.165) is 12.3 Å². The normalized spacial score (nSPS) is 18.3. The fraction of sp³-hybridized carbons (Fsp3) is 0.308. The van der Waals surface area contributed by atoms with E-state index in [4.69, 9.17) is 21.7 Å². The molecule has 0 bridgehead atoms. The van der Waals surface area contributed by atoms with Gasteiger partial charge in [0.15, 0.2) is 17.2 Å². The second-order valence-corrected chi connectivity index (χ2v) is 9.87. The van der Waals surface area contributed by atoms with Gasteiger partial charge in [-0.3, -0.25) is 9.89 Å². The van der Waals surface area contributed by atoms with Crippen LogP contribution in [0.2, 0.25) is 5.02 Å². The third-order valence-corrected chi connectivity index (χ3v) is 7.04. The van der Waals surface area contributed by atoms with E-state index in [0.29, 0.717) is 11.2 Å². The van der Waals surface area contributed by atoms with Crippen molar-refractivity contribution in [3.8, 4) is 5.75 Å². The number of hydrogen-bond donors (Lipinski definition) is 3. The van der Waals surface area contributed by atoms with Crippen molar-refractivity contribution in [3.05, 3.63) is 64.4 Å². The van der Waals surface area contributed by atoms with Crippen LogP contribution < -0.4 is 15.4 Å². The number of pyridine rings is 1. The molecule has 0 amide bonds. The van der Waals surface area contributed by atoms with Gasteiger partial charge in [-0.15, -0.1) is 0 Å². The maximum absolute atomic E-state index is 14.0. The third-order valence-electron chi connectivity index (χ3n) is 6.68. The fourth-order valence-electron chi connectivity index (χ4n) is 4.50. The van der Waals surface area contributed by atoms with Gasteiger partial charge in [-0.05, 0) is 17.7 Å². The van der Waals surface area contributed by atoms with Gasteiger partial charge in [0, 0.05) is 57.6 Å². The number of imidazole rings is 1. The van der Waals surface area contributed by atoms with Gasteiger partial charge >= 0.3 is 6.18 Å². The lowest BCUT2D eigenvalue weighted by Gasteiger charge is -2.32. The summed E-state index contributed by atoms with van der Waals surface area (Å²) in [5.74, 6) is -2.36. The number of alkyl halides is 5. The first-order chi connectivity index (χ1) is 19.4. The summed E-state index contributed by atoms with van der Waals surface area (Å²) in [5.41, 5.74) is 0.227. The lowest BCUT2D eigenvalue weighted by molar-refractivity contribution is -0.138. The van der Waals surface area contributed by atoms with E-state index in [1.165, 1.54) is 35.3 Å². The van der Waals surface area contributed by atoms with Crippen LogP contribution in [0.1, 0.15) is 24.0 Å². The average molecular weight is 595 g/mol. The number of piperidine rings is 1. The zero-order valence-corrected chi connectivity index (χ0v) is 22.3. The minimum absolute atomic E-state index is 0.00566. The molecule has 1 saturated heterocycles. The van der Waals surface area contributed by atoms with Gasteiger partial charge in [-0.2, -0.15) is 18.2 Å². The van der Waals surface area contributed by atoms with Crippen molar-refractivity contribution in [2.24, 2.45) is 12.0 Å². The van der Waals surface area contributed by atoms with Crippen LogP contribution in [-0.2, 0) is 19.8 Å². The number of anilines is 2. The van der Waals surface area contributed by atoms with E-state index in [2.05, 4.69) is 25.6 Å². The molecule has 4 heterocycles. The summed E-state index contributed by atoms with van der Waals surface area (Å²) in [5, 5.41) is 13.6. The minimum atomic E-state index is -4.66. The monoisotopic (exact) mass is 594 g/mol. The topological polar surface area (TPSA) is 103 Å². The Balaban J connectivity index is 1.40. The molecule has 0 radical (unpaired) electrons. The first-order valence-corrected chi connectivity index (χ1v) is 12.8. The van der Waals surface area contributed by atoms with Crippen molar-refractivity contribution < 1.29 is 26.7 Å². The highest BCUT2D eigenvalue weighted by Gasteiger charge is 2.37. The second kappa shape index (κ2) is 11.1. The zero-order valence-electron chi connectivity index (χ0n) is 21.6. The highest BCUT2D eigenvalue weighted by atomic mass is 35.5. The van der Waals surface area contributed by atoms with Crippen LogP contribution in [0.3, 0.4) is 0 Å². The van der Waals surface area contributed by atoms with Gasteiger partial charge in [0.05, 0.1) is 24.2 Å². The number of benzene rings is 1. The second-order valence-electron chi connectivity index (χ2n) is 9.49. The Morgan fingerprint density at radius 3 is 2.68 bits per heavy atom. The first-order valence-electron chi connectivity index (χ1n) is 12.4. The maximum atomic E-state index is 14.0. The van der Waals surface area contributed by atoms with E-state index >= 15 is 0 Å². The number of aromatic nitrogens is 3. The van der Waals surface area contributed by atoms with Crippen molar-refractivity contribution in [3.63, 3.8) is 0 Å². The number of likely N-dealkylation sites (tertiary alicyclic amines) is 1. The van der Waals surface area contributed by atoms with Crippen LogP contribution in [0.25, 0.3) is 11.2 Å². The summed E-state index contributed by atoms with van der Waals surface area (Å²) >= 11 is 6.60. The Morgan fingerprint density at radius 2 is 2.02 bits per heavy atom. The molecular formula is C26H24ClF5N8O. The highest BCUT2D eigenvalue weighted by molar-refractivity contribution is 6.36. The number of nitrogens with zero attached hydrogens (tertiary/aromatic N) is 5. The molecule has 0 saturated carbocycles. The lowest BCUT2D eigenvalue weighted by Crippen LogP contribution is -2.39. The van der Waals surface area contributed by atoms with Gasteiger partial charge in [0.1, 0.15) is 16.2 Å². The molecule has 0 unspecified atom stereocenters. The van der Waals surface area contributed by atoms with Crippen molar-refractivity contribution in [2.75, 3.05) is 18.4 Å². The number of rotatable bonds is 7. The molecule has 216 valence electrons. The van der Waals surface area contributed by atoms with Crippen LogP contribution >= 0.6 is 11.6 Å². The molecule has 2 aliphatic rings. The molecule has 15 heteroatoms. The third kappa shape index (κ3) is 6.17. The molecule has 1 aromatic carbocycles.